The summed E-state index contributed by atoms with van der Waals surface area (Å²) in [6, 6.07) is 0. The molecule has 0 aromatic heterocycles. The summed E-state index contributed by atoms with van der Waals surface area (Å²) in [4.78, 5) is 11.3. The van der Waals surface area contributed by atoms with Crippen LogP contribution in [-0.2, 0) is 4.79 Å². The second kappa shape index (κ2) is 7.84. The van der Waals surface area contributed by atoms with Gasteiger partial charge in [-0.25, -0.2) is 0 Å². The average molecular weight is 219 g/mol. The fourth-order valence-corrected chi connectivity index (χ4v) is 1.55. The van der Waals surface area contributed by atoms with Crippen LogP contribution in [0, 0.1) is 0 Å². The molecule has 0 saturated carbocycles. The third-order valence-electron chi connectivity index (χ3n) is 1.54. The van der Waals surface area contributed by atoms with Gasteiger partial charge in [0.05, 0.1) is 18.0 Å². The predicted octanol–water partition coefficient (Wildman–Crippen LogP) is -0.237. The summed E-state index contributed by atoms with van der Waals surface area (Å²) >= 11 is 1.31. The quantitative estimate of drug-likeness (QED) is 0.517. The van der Waals surface area contributed by atoms with Crippen LogP contribution in [0.15, 0.2) is 12.7 Å². The van der Waals surface area contributed by atoms with Crippen molar-refractivity contribution in [2.75, 3.05) is 18.9 Å². The zero-order chi connectivity index (χ0) is 11.0. The molecule has 5 heteroatoms. The molecule has 0 heterocycles. The lowest BCUT2D eigenvalue weighted by Gasteiger charge is -2.12. The molecule has 0 fully saturated rings. The van der Waals surface area contributed by atoms with Crippen molar-refractivity contribution in [2.24, 2.45) is 0 Å². The molecule has 2 atom stereocenters. The van der Waals surface area contributed by atoms with Gasteiger partial charge in [-0.2, -0.15) is 0 Å². The smallest absolute Gasteiger partial charge is 0.233 e. The Balaban J connectivity index is 3.66. The van der Waals surface area contributed by atoms with E-state index in [-0.39, 0.29) is 17.8 Å². The highest BCUT2D eigenvalue weighted by molar-refractivity contribution is 8.00. The van der Waals surface area contributed by atoms with Gasteiger partial charge in [-0.05, 0) is 6.92 Å². The van der Waals surface area contributed by atoms with E-state index in [0.29, 0.717) is 12.3 Å². The lowest BCUT2D eigenvalue weighted by atomic mass is 10.4. The van der Waals surface area contributed by atoms with E-state index in [1.165, 1.54) is 11.8 Å². The number of carbonyl (C=O) groups excluding carboxylic acids is 1. The first-order valence-corrected chi connectivity index (χ1v) is 5.45. The van der Waals surface area contributed by atoms with E-state index >= 15 is 0 Å². The van der Waals surface area contributed by atoms with Gasteiger partial charge in [0.15, 0.2) is 0 Å². The largest absolute Gasteiger partial charge is 0.394 e. The van der Waals surface area contributed by atoms with Gasteiger partial charge < -0.3 is 15.5 Å². The van der Waals surface area contributed by atoms with E-state index in [2.05, 4.69) is 11.9 Å². The molecule has 3 N–H and O–H groups in total. The number of aliphatic hydroxyl groups is 2. The monoisotopic (exact) mass is 219 g/mol. The Morgan fingerprint density at radius 3 is 2.86 bits per heavy atom. The first kappa shape index (κ1) is 13.5. The molecule has 82 valence electrons. The maximum absolute atomic E-state index is 11.3. The third-order valence-corrected chi connectivity index (χ3v) is 2.83. The van der Waals surface area contributed by atoms with Crippen molar-refractivity contribution in [3.8, 4) is 0 Å². The molecule has 0 aliphatic heterocycles. The minimum atomic E-state index is -0.755. The zero-order valence-corrected chi connectivity index (χ0v) is 9.09. The van der Waals surface area contributed by atoms with Crippen molar-refractivity contribution in [1.29, 1.82) is 0 Å². The van der Waals surface area contributed by atoms with Gasteiger partial charge in [0.1, 0.15) is 0 Å². The van der Waals surface area contributed by atoms with Crippen LogP contribution in [0.5, 0.6) is 0 Å². The van der Waals surface area contributed by atoms with E-state index in [1.807, 2.05) is 0 Å². The molecule has 0 radical (unpaired) electrons. The molecule has 1 amide bonds. The van der Waals surface area contributed by atoms with Crippen LogP contribution in [0.1, 0.15) is 6.92 Å². The topological polar surface area (TPSA) is 69.6 Å². The summed E-state index contributed by atoms with van der Waals surface area (Å²) in [5, 5.41) is 20.0. The maximum Gasteiger partial charge on any atom is 0.233 e. The van der Waals surface area contributed by atoms with Gasteiger partial charge >= 0.3 is 0 Å². The number of thioether (sulfide) groups is 1. The average Bonchev–Trinajstić information content (AvgIpc) is 2.21. The van der Waals surface area contributed by atoms with Crippen molar-refractivity contribution in [2.45, 2.75) is 18.3 Å². The Morgan fingerprint density at radius 2 is 2.36 bits per heavy atom. The van der Waals surface area contributed by atoms with Crippen LogP contribution in [0.3, 0.4) is 0 Å². The molecule has 0 aromatic rings. The number of hydrogen-bond acceptors (Lipinski definition) is 4. The van der Waals surface area contributed by atoms with Crippen molar-refractivity contribution < 1.29 is 15.0 Å². The minimum absolute atomic E-state index is 0.0833. The van der Waals surface area contributed by atoms with Gasteiger partial charge in [-0.3, -0.25) is 4.79 Å². The highest BCUT2D eigenvalue weighted by atomic mass is 32.2. The van der Waals surface area contributed by atoms with Crippen LogP contribution in [-0.4, -0.2) is 46.4 Å². The van der Waals surface area contributed by atoms with Crippen LogP contribution >= 0.6 is 11.8 Å². The number of carbonyl (C=O) groups is 1. The Hall–Kier alpha value is -0.520. The molecule has 0 aromatic carbocycles. The fourth-order valence-electron chi connectivity index (χ4n) is 0.700. The summed E-state index contributed by atoms with van der Waals surface area (Å²) in [6.45, 7) is 5.42. The normalized spacial score (nSPS) is 14.5. The minimum Gasteiger partial charge on any atom is -0.394 e. The molecule has 0 aliphatic carbocycles. The zero-order valence-electron chi connectivity index (χ0n) is 8.27. The Bertz CT molecular complexity index is 187. The first-order valence-electron chi connectivity index (χ1n) is 4.41. The first-order chi connectivity index (χ1) is 6.61. The highest BCUT2D eigenvalue weighted by Gasteiger charge is 2.13. The predicted molar refractivity (Wildman–Crippen MR) is 58.2 cm³/mol. The van der Waals surface area contributed by atoms with E-state index in [9.17, 15) is 4.79 Å². The fraction of sp³-hybridized carbons (Fsp3) is 0.667. The highest BCUT2D eigenvalue weighted by Crippen LogP contribution is 2.11. The number of hydrogen-bond donors (Lipinski definition) is 3. The summed E-state index contributed by atoms with van der Waals surface area (Å²) < 4.78 is 0. The second-order valence-corrected chi connectivity index (χ2v) is 4.22. The third kappa shape index (κ3) is 6.01. The van der Waals surface area contributed by atoms with E-state index in [1.54, 1.807) is 13.0 Å². The van der Waals surface area contributed by atoms with Crippen LogP contribution in [0.2, 0.25) is 0 Å². The van der Waals surface area contributed by atoms with Gasteiger partial charge in [0, 0.05) is 12.3 Å². The van der Waals surface area contributed by atoms with Crippen molar-refractivity contribution >= 4 is 17.7 Å². The Labute approximate surface area is 88.4 Å². The number of aliphatic hydroxyl groups excluding tert-OH is 2. The molecule has 0 aliphatic rings. The van der Waals surface area contributed by atoms with Gasteiger partial charge in [-0.15, -0.1) is 18.3 Å². The Kier molecular flexibility index (Phi) is 7.55. The molecule has 14 heavy (non-hydrogen) atoms. The molecule has 0 bridgehead atoms. The SMILES string of the molecule is C=CCNC(=O)C(C)SCC(O)CO. The summed E-state index contributed by atoms with van der Waals surface area (Å²) in [7, 11) is 0. The molecule has 4 nitrogen and oxygen atoms in total. The van der Waals surface area contributed by atoms with Crippen LogP contribution in [0.4, 0.5) is 0 Å². The van der Waals surface area contributed by atoms with Gasteiger partial charge in [0.2, 0.25) is 5.91 Å². The van der Waals surface area contributed by atoms with E-state index in [0.717, 1.165) is 0 Å². The summed E-state index contributed by atoms with van der Waals surface area (Å²) in [5.41, 5.74) is 0. The van der Waals surface area contributed by atoms with Crippen molar-refractivity contribution in [3.05, 3.63) is 12.7 Å². The summed E-state index contributed by atoms with van der Waals surface area (Å²) in [5.74, 6) is 0.277. The van der Waals surface area contributed by atoms with E-state index < -0.39 is 6.10 Å². The number of nitrogens with one attached hydrogen (secondary N) is 1. The Morgan fingerprint density at radius 1 is 1.71 bits per heavy atom. The maximum atomic E-state index is 11.3. The number of amides is 1. The molecule has 0 saturated heterocycles. The molecule has 0 rings (SSSR count). The lowest BCUT2D eigenvalue weighted by molar-refractivity contribution is -0.120. The molecule has 2 unspecified atom stereocenters. The van der Waals surface area contributed by atoms with Crippen molar-refractivity contribution in [1.82, 2.24) is 5.32 Å². The lowest BCUT2D eigenvalue weighted by Crippen LogP contribution is -2.32. The van der Waals surface area contributed by atoms with Gasteiger partial charge in [0.25, 0.3) is 0 Å². The van der Waals surface area contributed by atoms with Crippen molar-refractivity contribution in [3.63, 3.8) is 0 Å². The number of rotatable bonds is 7. The molecular formula is C9H17NO3S. The molecule has 0 spiro atoms. The van der Waals surface area contributed by atoms with Crippen LogP contribution < -0.4 is 5.32 Å². The van der Waals surface area contributed by atoms with Crippen LogP contribution in [0.25, 0.3) is 0 Å². The molecular weight excluding hydrogens is 202 g/mol. The van der Waals surface area contributed by atoms with E-state index in [4.69, 9.17) is 10.2 Å². The second-order valence-electron chi connectivity index (χ2n) is 2.85. The summed E-state index contributed by atoms with van der Waals surface area (Å²) in [6.07, 6.45) is 0.854. The van der Waals surface area contributed by atoms with Gasteiger partial charge in [-0.1, -0.05) is 6.08 Å². The standard InChI is InChI=1S/C9H17NO3S/c1-3-4-10-9(13)7(2)14-6-8(12)5-11/h3,7-8,11-12H,1,4-6H2,2H3,(H,10,13).